The predicted molar refractivity (Wildman–Crippen MR) is 79.4 cm³/mol. The topological polar surface area (TPSA) is 63.4 Å². The van der Waals surface area contributed by atoms with Crippen molar-refractivity contribution in [3.8, 4) is 0 Å². The van der Waals surface area contributed by atoms with Gasteiger partial charge in [0.15, 0.2) is 9.84 Å². The third kappa shape index (κ3) is 3.28. The van der Waals surface area contributed by atoms with Crippen LogP contribution in [0.1, 0.15) is 18.1 Å². The van der Waals surface area contributed by atoms with E-state index in [4.69, 9.17) is 5.73 Å². The van der Waals surface area contributed by atoms with Gasteiger partial charge in [-0.3, -0.25) is 0 Å². The molecule has 0 radical (unpaired) electrons. The molecule has 2 rings (SSSR count). The first-order valence-corrected chi connectivity index (χ1v) is 8.52. The lowest BCUT2D eigenvalue weighted by Gasteiger charge is -2.35. The molecule has 0 amide bonds. The molecule has 0 aliphatic carbocycles. The van der Waals surface area contributed by atoms with E-state index in [1.54, 1.807) is 0 Å². The van der Waals surface area contributed by atoms with Gasteiger partial charge in [0.05, 0.1) is 11.5 Å². The minimum absolute atomic E-state index is 0.0403. The minimum Gasteiger partial charge on any atom is -0.367 e. The van der Waals surface area contributed by atoms with Crippen molar-refractivity contribution in [2.45, 2.75) is 26.3 Å². The molecule has 1 unspecified atom stereocenters. The maximum Gasteiger partial charge on any atom is 0.154 e. The van der Waals surface area contributed by atoms with Gasteiger partial charge < -0.3 is 10.6 Å². The fourth-order valence-corrected chi connectivity index (χ4v) is 4.23. The maximum absolute atomic E-state index is 11.6. The van der Waals surface area contributed by atoms with Crippen LogP contribution in [0.5, 0.6) is 0 Å². The van der Waals surface area contributed by atoms with Gasteiger partial charge >= 0.3 is 0 Å². The molecule has 4 nitrogen and oxygen atoms in total. The molecule has 0 bridgehead atoms. The van der Waals surface area contributed by atoms with Gasteiger partial charge in [-0.2, -0.15) is 0 Å². The first kappa shape index (κ1) is 14.3. The van der Waals surface area contributed by atoms with E-state index >= 15 is 0 Å². The smallest absolute Gasteiger partial charge is 0.154 e. The van der Waals surface area contributed by atoms with E-state index in [9.17, 15) is 8.42 Å². The first-order chi connectivity index (χ1) is 8.93. The molecule has 5 heteroatoms. The number of rotatable bonds is 3. The lowest BCUT2D eigenvalue weighted by molar-refractivity contribution is 0.568. The second-order valence-corrected chi connectivity index (χ2v) is 7.53. The molecule has 1 aromatic carbocycles. The molecule has 1 aliphatic rings. The SMILES string of the molecule is Cc1cc(N2CCS(=O)(=O)CC2C)ccc1CCN. The van der Waals surface area contributed by atoms with Crippen molar-refractivity contribution in [3.63, 3.8) is 0 Å². The Morgan fingerprint density at radius 1 is 1.42 bits per heavy atom. The summed E-state index contributed by atoms with van der Waals surface area (Å²) in [5.41, 5.74) is 9.19. The standard InChI is InChI=1S/C14H22N2O2S/c1-11-9-14(4-3-13(11)5-6-15)16-7-8-19(17,18)10-12(16)2/h3-4,9,12H,5-8,10,15H2,1-2H3. The van der Waals surface area contributed by atoms with Crippen molar-refractivity contribution in [2.24, 2.45) is 5.73 Å². The van der Waals surface area contributed by atoms with Crippen LogP contribution in [0.4, 0.5) is 5.69 Å². The summed E-state index contributed by atoms with van der Waals surface area (Å²) < 4.78 is 23.2. The molecule has 1 atom stereocenters. The number of nitrogens with two attached hydrogens (primary N) is 1. The molecule has 19 heavy (non-hydrogen) atoms. The molecule has 1 saturated heterocycles. The van der Waals surface area contributed by atoms with Gasteiger partial charge in [-0.25, -0.2) is 8.42 Å². The molecule has 0 aromatic heterocycles. The van der Waals surface area contributed by atoms with Crippen molar-refractivity contribution >= 4 is 15.5 Å². The van der Waals surface area contributed by atoms with Crippen LogP contribution in [-0.2, 0) is 16.3 Å². The Kier molecular flexibility index (Phi) is 4.16. The Morgan fingerprint density at radius 3 is 2.74 bits per heavy atom. The number of hydrogen-bond acceptors (Lipinski definition) is 4. The van der Waals surface area contributed by atoms with Crippen LogP contribution in [-0.4, -0.2) is 39.1 Å². The van der Waals surface area contributed by atoms with Gasteiger partial charge in [0.2, 0.25) is 0 Å². The molecule has 1 aromatic rings. The predicted octanol–water partition coefficient (Wildman–Crippen LogP) is 1.12. The fraction of sp³-hybridized carbons (Fsp3) is 0.571. The van der Waals surface area contributed by atoms with Crippen LogP contribution in [0.25, 0.3) is 0 Å². The normalized spacial score (nSPS) is 22.5. The summed E-state index contributed by atoms with van der Waals surface area (Å²) in [6, 6.07) is 6.36. The zero-order valence-electron chi connectivity index (χ0n) is 11.6. The summed E-state index contributed by atoms with van der Waals surface area (Å²) in [5, 5.41) is 0. The van der Waals surface area contributed by atoms with Gasteiger partial charge in [-0.05, 0) is 50.1 Å². The average Bonchev–Trinajstić information content (AvgIpc) is 2.31. The van der Waals surface area contributed by atoms with Crippen molar-refractivity contribution in [1.29, 1.82) is 0 Å². The van der Waals surface area contributed by atoms with Crippen LogP contribution in [0.3, 0.4) is 0 Å². The second kappa shape index (κ2) is 5.51. The van der Waals surface area contributed by atoms with E-state index in [0.29, 0.717) is 13.1 Å². The zero-order valence-corrected chi connectivity index (χ0v) is 12.4. The van der Waals surface area contributed by atoms with Crippen LogP contribution >= 0.6 is 0 Å². The Morgan fingerprint density at radius 2 is 2.16 bits per heavy atom. The quantitative estimate of drug-likeness (QED) is 0.902. The highest BCUT2D eigenvalue weighted by Crippen LogP contribution is 2.24. The van der Waals surface area contributed by atoms with Crippen LogP contribution < -0.4 is 10.6 Å². The Bertz CT molecular complexity index is 555. The monoisotopic (exact) mass is 282 g/mol. The van der Waals surface area contributed by atoms with E-state index in [1.807, 2.05) is 6.92 Å². The average molecular weight is 282 g/mol. The minimum atomic E-state index is -2.86. The van der Waals surface area contributed by atoms with Gasteiger partial charge in [0.25, 0.3) is 0 Å². The van der Waals surface area contributed by atoms with Crippen molar-refractivity contribution in [3.05, 3.63) is 29.3 Å². The van der Waals surface area contributed by atoms with Gasteiger partial charge in [0, 0.05) is 18.3 Å². The van der Waals surface area contributed by atoms with E-state index in [2.05, 4.69) is 30.0 Å². The van der Waals surface area contributed by atoms with Gasteiger partial charge in [-0.15, -0.1) is 0 Å². The number of nitrogens with zero attached hydrogens (tertiary/aromatic N) is 1. The van der Waals surface area contributed by atoms with E-state index in [1.165, 1.54) is 11.1 Å². The number of sulfone groups is 1. The summed E-state index contributed by atoms with van der Waals surface area (Å²) in [6.07, 6.45) is 0.885. The highest BCUT2D eigenvalue weighted by molar-refractivity contribution is 7.91. The Balaban J connectivity index is 2.21. The summed E-state index contributed by atoms with van der Waals surface area (Å²) in [4.78, 5) is 2.18. The third-order valence-corrected chi connectivity index (χ3v) is 5.54. The first-order valence-electron chi connectivity index (χ1n) is 6.69. The van der Waals surface area contributed by atoms with Gasteiger partial charge in [-0.1, -0.05) is 6.07 Å². The van der Waals surface area contributed by atoms with Gasteiger partial charge in [0.1, 0.15) is 0 Å². The summed E-state index contributed by atoms with van der Waals surface area (Å²) in [6.45, 7) is 5.29. The van der Waals surface area contributed by atoms with E-state index in [0.717, 1.165) is 12.1 Å². The van der Waals surface area contributed by atoms with Crippen molar-refractivity contribution in [1.82, 2.24) is 0 Å². The Hall–Kier alpha value is -1.07. The third-order valence-electron chi connectivity index (χ3n) is 3.74. The summed E-state index contributed by atoms with van der Waals surface area (Å²) >= 11 is 0. The van der Waals surface area contributed by atoms with Crippen molar-refractivity contribution < 1.29 is 8.42 Å². The highest BCUT2D eigenvalue weighted by Gasteiger charge is 2.28. The molecule has 2 N–H and O–H groups in total. The fourth-order valence-electron chi connectivity index (χ4n) is 2.68. The number of hydrogen-bond donors (Lipinski definition) is 1. The Labute approximate surface area is 115 Å². The summed E-state index contributed by atoms with van der Waals surface area (Å²) in [5.74, 6) is 0.498. The lowest BCUT2D eigenvalue weighted by Crippen LogP contribution is -2.47. The molecule has 0 saturated carbocycles. The largest absolute Gasteiger partial charge is 0.367 e. The number of aryl methyl sites for hydroxylation is 1. The molecule has 0 spiro atoms. The van der Waals surface area contributed by atoms with Crippen LogP contribution in [0.15, 0.2) is 18.2 Å². The molecular weight excluding hydrogens is 260 g/mol. The molecule has 1 fully saturated rings. The van der Waals surface area contributed by atoms with Crippen LogP contribution in [0, 0.1) is 6.92 Å². The second-order valence-electron chi connectivity index (χ2n) is 5.31. The molecule has 1 heterocycles. The zero-order chi connectivity index (χ0) is 14.0. The van der Waals surface area contributed by atoms with Crippen LogP contribution in [0.2, 0.25) is 0 Å². The van der Waals surface area contributed by atoms with Crippen molar-refractivity contribution in [2.75, 3.05) is 29.5 Å². The molecule has 106 valence electrons. The summed E-state index contributed by atoms with van der Waals surface area (Å²) in [7, 11) is -2.86. The van der Waals surface area contributed by atoms with E-state index in [-0.39, 0.29) is 17.5 Å². The maximum atomic E-state index is 11.6. The number of benzene rings is 1. The molecule has 1 aliphatic heterocycles. The highest BCUT2D eigenvalue weighted by atomic mass is 32.2. The number of anilines is 1. The van der Waals surface area contributed by atoms with E-state index < -0.39 is 9.84 Å². The molecular formula is C14H22N2O2S. The lowest BCUT2D eigenvalue weighted by atomic mass is 10.0.